The predicted molar refractivity (Wildman–Crippen MR) is 142 cm³/mol. The minimum absolute atomic E-state index is 0.0605. The van der Waals surface area contributed by atoms with Gasteiger partial charge in [-0.05, 0) is 49.5 Å². The highest BCUT2D eigenvalue weighted by molar-refractivity contribution is 6.36. The maximum atomic E-state index is 12.9. The predicted octanol–water partition coefficient (Wildman–Crippen LogP) is 4.75. The van der Waals surface area contributed by atoms with Crippen LogP contribution < -0.4 is 15.1 Å². The Morgan fingerprint density at radius 2 is 1.94 bits per heavy atom. The number of benzene rings is 2. The number of amides is 1. The van der Waals surface area contributed by atoms with Gasteiger partial charge < -0.3 is 15.1 Å². The van der Waals surface area contributed by atoms with Crippen molar-refractivity contribution in [1.29, 1.82) is 5.26 Å². The fourth-order valence-corrected chi connectivity index (χ4v) is 4.52. The van der Waals surface area contributed by atoms with Crippen LogP contribution in [0.15, 0.2) is 54.7 Å². The van der Waals surface area contributed by atoms with E-state index in [0.717, 1.165) is 34.9 Å². The monoisotopic (exact) mass is 508 g/mol. The van der Waals surface area contributed by atoms with Crippen molar-refractivity contribution in [2.45, 2.75) is 0 Å². The Labute approximate surface area is 215 Å². The summed E-state index contributed by atoms with van der Waals surface area (Å²) in [6.07, 6.45) is 1.55. The number of hydrogen-bond donors (Lipinski definition) is 1. The van der Waals surface area contributed by atoms with Gasteiger partial charge in [0.1, 0.15) is 11.9 Å². The summed E-state index contributed by atoms with van der Waals surface area (Å²) in [6, 6.07) is 17.1. The summed E-state index contributed by atoms with van der Waals surface area (Å²) in [5, 5.41) is 13.3. The Morgan fingerprint density at radius 3 is 2.63 bits per heavy atom. The number of nitrogens with zero attached hydrogens (tertiary/aromatic N) is 5. The van der Waals surface area contributed by atoms with Gasteiger partial charge in [0.2, 0.25) is 5.91 Å². The Kier molecular flexibility index (Phi) is 7.76. The molecule has 1 aliphatic rings. The van der Waals surface area contributed by atoms with Crippen LogP contribution in [0.3, 0.4) is 0 Å². The van der Waals surface area contributed by atoms with Gasteiger partial charge in [0, 0.05) is 66.3 Å². The molecule has 0 atom stereocenters. The molecule has 1 fully saturated rings. The number of nitriles is 1. The largest absolute Gasteiger partial charge is 0.373 e. The van der Waals surface area contributed by atoms with Gasteiger partial charge in [0.15, 0.2) is 0 Å². The van der Waals surface area contributed by atoms with Crippen LogP contribution >= 0.6 is 23.2 Å². The first-order valence-electron chi connectivity index (χ1n) is 11.3. The zero-order valence-electron chi connectivity index (χ0n) is 19.6. The third kappa shape index (κ3) is 5.85. The van der Waals surface area contributed by atoms with E-state index in [1.165, 1.54) is 0 Å². The first-order chi connectivity index (χ1) is 16.9. The first kappa shape index (κ1) is 24.8. The number of nitrogens with one attached hydrogen (secondary N) is 1. The number of carbonyl (C=O) groups excluding carboxylic acids is 1. The SMILES string of the molecule is CN1CCN(c2ccc(N(C)CCNc3ccc(C#N)cn3)cc2-c2ccc(Cl)cc2Cl)C(=O)C1. The number of likely N-dealkylation sites (N-methyl/N-ethyl adjacent to an activating group) is 2. The van der Waals surface area contributed by atoms with Crippen molar-refractivity contribution >= 4 is 46.3 Å². The van der Waals surface area contributed by atoms with Gasteiger partial charge in [-0.25, -0.2) is 4.98 Å². The Balaban J connectivity index is 1.58. The number of piperazine rings is 1. The van der Waals surface area contributed by atoms with Crippen LogP contribution in [0.5, 0.6) is 0 Å². The zero-order chi connectivity index (χ0) is 24.9. The molecular weight excluding hydrogens is 483 g/mol. The molecule has 1 amide bonds. The van der Waals surface area contributed by atoms with E-state index in [1.54, 1.807) is 24.4 Å². The lowest BCUT2D eigenvalue weighted by Gasteiger charge is -2.34. The minimum atomic E-state index is 0.0605. The van der Waals surface area contributed by atoms with Crippen LogP contribution in [0, 0.1) is 11.3 Å². The standard InChI is InChI=1S/C26H26Cl2N6O/c1-32-11-12-34(26(35)17-32)24-7-5-20(14-22(24)21-6-4-19(27)13-23(21)28)33(2)10-9-30-25-8-3-18(15-29)16-31-25/h3-8,13-14,16H,9-12,17H2,1-2H3,(H,30,31). The van der Waals surface area contributed by atoms with Gasteiger partial charge in [-0.2, -0.15) is 5.26 Å². The fraction of sp³-hybridized carbons (Fsp3) is 0.269. The summed E-state index contributed by atoms with van der Waals surface area (Å²) in [6.45, 7) is 3.17. The second-order valence-corrected chi connectivity index (χ2v) is 9.34. The molecule has 1 saturated heterocycles. The highest BCUT2D eigenvalue weighted by Crippen LogP contribution is 2.39. The van der Waals surface area contributed by atoms with Crippen LogP contribution in [0.1, 0.15) is 5.56 Å². The van der Waals surface area contributed by atoms with E-state index in [9.17, 15) is 4.79 Å². The molecule has 180 valence electrons. The molecular formula is C26H26Cl2N6O. The first-order valence-corrected chi connectivity index (χ1v) is 12.0. The van der Waals surface area contributed by atoms with Gasteiger partial charge >= 0.3 is 0 Å². The van der Waals surface area contributed by atoms with Crippen LogP contribution in [-0.4, -0.2) is 62.6 Å². The van der Waals surface area contributed by atoms with Crippen molar-refractivity contribution in [3.8, 4) is 17.2 Å². The lowest BCUT2D eigenvalue weighted by molar-refractivity contribution is -0.120. The van der Waals surface area contributed by atoms with E-state index in [0.29, 0.717) is 41.8 Å². The molecule has 9 heteroatoms. The highest BCUT2D eigenvalue weighted by atomic mass is 35.5. The number of hydrogen-bond acceptors (Lipinski definition) is 6. The van der Waals surface area contributed by atoms with E-state index in [1.807, 2.05) is 48.2 Å². The van der Waals surface area contributed by atoms with Crippen molar-refractivity contribution in [2.24, 2.45) is 0 Å². The van der Waals surface area contributed by atoms with Gasteiger partial charge in [-0.15, -0.1) is 0 Å². The number of rotatable bonds is 7. The van der Waals surface area contributed by atoms with Crippen molar-refractivity contribution in [2.75, 3.05) is 61.9 Å². The third-order valence-electron chi connectivity index (χ3n) is 5.99. The van der Waals surface area contributed by atoms with E-state index in [4.69, 9.17) is 28.5 Å². The molecule has 0 spiro atoms. The molecule has 0 aliphatic carbocycles. The molecule has 0 radical (unpaired) electrons. The number of pyridine rings is 1. The molecule has 1 aliphatic heterocycles. The van der Waals surface area contributed by atoms with Crippen molar-refractivity contribution < 1.29 is 4.79 Å². The molecule has 2 aromatic carbocycles. The summed E-state index contributed by atoms with van der Waals surface area (Å²) in [5.41, 5.74) is 4.07. The summed E-state index contributed by atoms with van der Waals surface area (Å²) >= 11 is 12.7. The number of carbonyl (C=O) groups is 1. The lowest BCUT2D eigenvalue weighted by Crippen LogP contribution is -2.49. The van der Waals surface area contributed by atoms with E-state index in [-0.39, 0.29) is 5.91 Å². The zero-order valence-corrected chi connectivity index (χ0v) is 21.1. The lowest BCUT2D eigenvalue weighted by atomic mass is 10.0. The second-order valence-electron chi connectivity index (χ2n) is 8.50. The summed E-state index contributed by atoms with van der Waals surface area (Å²) in [7, 11) is 3.96. The summed E-state index contributed by atoms with van der Waals surface area (Å²) < 4.78 is 0. The molecule has 0 saturated carbocycles. The average molecular weight is 509 g/mol. The number of anilines is 3. The Bertz CT molecular complexity index is 1260. The summed E-state index contributed by atoms with van der Waals surface area (Å²) in [4.78, 5) is 23.1. The third-order valence-corrected chi connectivity index (χ3v) is 6.54. The quantitative estimate of drug-likeness (QED) is 0.496. The highest BCUT2D eigenvalue weighted by Gasteiger charge is 2.26. The van der Waals surface area contributed by atoms with Crippen molar-refractivity contribution in [3.63, 3.8) is 0 Å². The van der Waals surface area contributed by atoms with E-state index >= 15 is 0 Å². The molecule has 7 nitrogen and oxygen atoms in total. The normalized spacial score (nSPS) is 14.0. The minimum Gasteiger partial charge on any atom is -0.373 e. The molecule has 1 aromatic heterocycles. The number of halogens is 2. The van der Waals surface area contributed by atoms with Gasteiger partial charge in [0.05, 0.1) is 17.8 Å². The fourth-order valence-electron chi connectivity index (χ4n) is 4.01. The molecule has 2 heterocycles. The second kappa shape index (κ2) is 11.0. The number of aromatic nitrogens is 1. The maximum absolute atomic E-state index is 12.9. The molecule has 1 N–H and O–H groups in total. The molecule has 3 aromatic rings. The maximum Gasteiger partial charge on any atom is 0.241 e. The molecule has 4 rings (SSSR count). The van der Waals surface area contributed by atoms with Gasteiger partial charge in [-0.1, -0.05) is 29.3 Å². The molecule has 0 bridgehead atoms. The topological polar surface area (TPSA) is 75.5 Å². The van der Waals surface area contributed by atoms with Gasteiger partial charge in [-0.3, -0.25) is 9.69 Å². The van der Waals surface area contributed by atoms with Crippen molar-refractivity contribution in [1.82, 2.24) is 9.88 Å². The van der Waals surface area contributed by atoms with Crippen LogP contribution in [0.25, 0.3) is 11.1 Å². The Morgan fingerprint density at radius 1 is 1.11 bits per heavy atom. The van der Waals surface area contributed by atoms with E-state index < -0.39 is 0 Å². The van der Waals surface area contributed by atoms with Gasteiger partial charge in [0.25, 0.3) is 0 Å². The van der Waals surface area contributed by atoms with Crippen LogP contribution in [-0.2, 0) is 4.79 Å². The summed E-state index contributed by atoms with van der Waals surface area (Å²) in [5.74, 6) is 0.778. The smallest absolute Gasteiger partial charge is 0.241 e. The van der Waals surface area contributed by atoms with E-state index in [2.05, 4.69) is 27.3 Å². The van der Waals surface area contributed by atoms with Crippen molar-refractivity contribution in [3.05, 3.63) is 70.3 Å². The molecule has 35 heavy (non-hydrogen) atoms. The average Bonchev–Trinajstić information content (AvgIpc) is 2.84. The van der Waals surface area contributed by atoms with Crippen LogP contribution in [0.2, 0.25) is 10.0 Å². The van der Waals surface area contributed by atoms with Crippen LogP contribution in [0.4, 0.5) is 17.2 Å². The molecule has 0 unspecified atom stereocenters. The Hall–Kier alpha value is -3.31.